The lowest BCUT2D eigenvalue weighted by Gasteiger charge is -2.04. The summed E-state index contributed by atoms with van der Waals surface area (Å²) in [6.07, 6.45) is 1.11. The molecule has 1 aromatic heterocycles. The van der Waals surface area contributed by atoms with Gasteiger partial charge in [-0.15, -0.1) is 0 Å². The minimum absolute atomic E-state index is 0.499. The predicted molar refractivity (Wildman–Crippen MR) is 71.5 cm³/mol. The van der Waals surface area contributed by atoms with Crippen molar-refractivity contribution in [1.29, 1.82) is 0 Å². The number of benzene rings is 1. The van der Waals surface area contributed by atoms with E-state index in [9.17, 15) is 8.42 Å². The Bertz CT molecular complexity index is 657. The number of rotatable bonds is 3. The SMILES string of the molecule is Cn1nc(-c2cccc(NS(C)(=O)=O)c2)cc1N. The quantitative estimate of drug-likeness (QED) is 0.868. The van der Waals surface area contributed by atoms with Crippen molar-refractivity contribution in [2.45, 2.75) is 0 Å². The Morgan fingerprint density at radius 3 is 2.61 bits per heavy atom. The van der Waals surface area contributed by atoms with Gasteiger partial charge in [-0.05, 0) is 12.1 Å². The van der Waals surface area contributed by atoms with Gasteiger partial charge >= 0.3 is 0 Å². The van der Waals surface area contributed by atoms with Gasteiger partial charge in [-0.25, -0.2) is 8.42 Å². The highest BCUT2D eigenvalue weighted by molar-refractivity contribution is 7.92. The molecule has 0 bridgehead atoms. The molecule has 0 saturated carbocycles. The van der Waals surface area contributed by atoms with E-state index in [0.29, 0.717) is 17.2 Å². The second-order valence-electron chi connectivity index (χ2n) is 4.03. The molecular weight excluding hydrogens is 252 g/mol. The molecule has 0 unspecified atom stereocenters. The highest BCUT2D eigenvalue weighted by Gasteiger charge is 2.07. The molecule has 0 amide bonds. The molecule has 96 valence electrons. The van der Waals surface area contributed by atoms with Crippen LogP contribution in [-0.2, 0) is 17.1 Å². The molecule has 0 radical (unpaired) electrons. The summed E-state index contributed by atoms with van der Waals surface area (Å²) in [6.45, 7) is 0. The smallest absolute Gasteiger partial charge is 0.229 e. The monoisotopic (exact) mass is 266 g/mol. The number of hydrogen-bond donors (Lipinski definition) is 2. The maximum absolute atomic E-state index is 11.2. The van der Waals surface area contributed by atoms with Crippen LogP contribution < -0.4 is 10.5 Å². The lowest BCUT2D eigenvalue weighted by molar-refractivity contribution is 0.607. The molecule has 7 heteroatoms. The first-order chi connectivity index (χ1) is 8.35. The van der Waals surface area contributed by atoms with E-state index in [1.807, 2.05) is 6.07 Å². The Balaban J connectivity index is 2.38. The van der Waals surface area contributed by atoms with Crippen molar-refractivity contribution in [1.82, 2.24) is 9.78 Å². The highest BCUT2D eigenvalue weighted by atomic mass is 32.2. The van der Waals surface area contributed by atoms with Crippen LogP contribution in [0.3, 0.4) is 0 Å². The third-order valence-corrected chi connectivity index (χ3v) is 2.98. The zero-order chi connectivity index (χ0) is 13.3. The van der Waals surface area contributed by atoms with Crippen molar-refractivity contribution in [3.8, 4) is 11.3 Å². The Labute approximate surface area is 105 Å². The number of nitrogens with zero attached hydrogens (tertiary/aromatic N) is 2. The van der Waals surface area contributed by atoms with Gasteiger partial charge in [0.15, 0.2) is 0 Å². The fourth-order valence-corrected chi connectivity index (χ4v) is 2.13. The molecule has 2 aromatic rings. The fraction of sp³-hybridized carbons (Fsp3) is 0.182. The largest absolute Gasteiger partial charge is 0.384 e. The van der Waals surface area contributed by atoms with E-state index in [1.165, 1.54) is 0 Å². The van der Waals surface area contributed by atoms with Crippen LogP contribution in [0.1, 0.15) is 0 Å². The first-order valence-corrected chi connectivity index (χ1v) is 7.12. The van der Waals surface area contributed by atoms with E-state index in [0.717, 1.165) is 11.8 Å². The molecule has 0 aliphatic carbocycles. The molecule has 0 spiro atoms. The Hall–Kier alpha value is -2.02. The number of anilines is 2. The summed E-state index contributed by atoms with van der Waals surface area (Å²) in [5.41, 5.74) is 7.71. The molecule has 0 aliphatic heterocycles. The first kappa shape index (κ1) is 12.4. The van der Waals surface area contributed by atoms with Crippen molar-refractivity contribution in [2.75, 3.05) is 16.7 Å². The second-order valence-corrected chi connectivity index (χ2v) is 5.78. The standard InChI is InChI=1S/C11H14N4O2S/c1-15-11(12)7-10(13-15)8-4-3-5-9(6-8)14-18(2,16)17/h3-7,14H,12H2,1-2H3. The fourth-order valence-electron chi connectivity index (χ4n) is 1.58. The van der Waals surface area contributed by atoms with E-state index >= 15 is 0 Å². The number of hydrogen-bond acceptors (Lipinski definition) is 4. The third-order valence-electron chi connectivity index (χ3n) is 2.38. The molecule has 1 aromatic carbocycles. The highest BCUT2D eigenvalue weighted by Crippen LogP contribution is 2.23. The molecule has 3 N–H and O–H groups in total. The molecule has 0 saturated heterocycles. The van der Waals surface area contributed by atoms with Gasteiger partial charge < -0.3 is 5.73 Å². The lowest BCUT2D eigenvalue weighted by Crippen LogP contribution is -2.09. The zero-order valence-electron chi connectivity index (χ0n) is 10.1. The number of nitrogens with two attached hydrogens (primary N) is 1. The van der Waals surface area contributed by atoms with Crippen LogP contribution in [0.5, 0.6) is 0 Å². The normalized spacial score (nSPS) is 11.4. The first-order valence-electron chi connectivity index (χ1n) is 5.23. The minimum Gasteiger partial charge on any atom is -0.384 e. The molecular formula is C11H14N4O2S. The van der Waals surface area contributed by atoms with E-state index in [1.54, 1.807) is 36.0 Å². The van der Waals surface area contributed by atoms with Gasteiger partial charge in [-0.3, -0.25) is 9.40 Å². The van der Waals surface area contributed by atoms with Crippen molar-refractivity contribution >= 4 is 21.5 Å². The molecule has 0 aliphatic rings. The average molecular weight is 266 g/mol. The summed E-state index contributed by atoms with van der Waals surface area (Å²) in [5, 5.41) is 4.23. The molecule has 18 heavy (non-hydrogen) atoms. The van der Waals surface area contributed by atoms with Crippen LogP contribution in [0.2, 0.25) is 0 Å². The summed E-state index contributed by atoms with van der Waals surface area (Å²) >= 11 is 0. The van der Waals surface area contributed by atoms with Crippen LogP contribution in [0, 0.1) is 0 Å². The summed E-state index contributed by atoms with van der Waals surface area (Å²) in [5.74, 6) is 0.548. The number of nitrogen functional groups attached to an aromatic ring is 1. The van der Waals surface area contributed by atoms with E-state index in [-0.39, 0.29) is 0 Å². The molecule has 0 fully saturated rings. The van der Waals surface area contributed by atoms with E-state index in [4.69, 9.17) is 5.73 Å². The van der Waals surface area contributed by atoms with Gasteiger partial charge in [0.1, 0.15) is 5.82 Å². The average Bonchev–Trinajstić information content (AvgIpc) is 2.57. The van der Waals surface area contributed by atoms with Crippen LogP contribution in [0.4, 0.5) is 11.5 Å². The van der Waals surface area contributed by atoms with Gasteiger partial charge in [0.05, 0.1) is 11.9 Å². The van der Waals surface area contributed by atoms with Crippen molar-refractivity contribution < 1.29 is 8.42 Å². The maximum Gasteiger partial charge on any atom is 0.229 e. The van der Waals surface area contributed by atoms with Crippen LogP contribution in [0.15, 0.2) is 30.3 Å². The summed E-state index contributed by atoms with van der Waals surface area (Å²) in [7, 11) is -1.53. The Kier molecular flexibility index (Phi) is 3.00. The zero-order valence-corrected chi connectivity index (χ0v) is 10.9. The number of aromatic nitrogens is 2. The van der Waals surface area contributed by atoms with Gasteiger partial charge in [0.2, 0.25) is 10.0 Å². The topological polar surface area (TPSA) is 90.0 Å². The molecule has 0 atom stereocenters. The van der Waals surface area contributed by atoms with Crippen molar-refractivity contribution in [3.63, 3.8) is 0 Å². The number of aryl methyl sites for hydroxylation is 1. The molecule has 2 rings (SSSR count). The molecule has 1 heterocycles. The minimum atomic E-state index is -3.28. The maximum atomic E-state index is 11.2. The van der Waals surface area contributed by atoms with E-state index < -0.39 is 10.0 Å². The summed E-state index contributed by atoms with van der Waals surface area (Å²) < 4.78 is 26.3. The van der Waals surface area contributed by atoms with Gasteiger partial charge in [-0.2, -0.15) is 5.10 Å². The van der Waals surface area contributed by atoms with Gasteiger partial charge in [0, 0.05) is 24.4 Å². The molecule has 6 nitrogen and oxygen atoms in total. The van der Waals surface area contributed by atoms with E-state index in [2.05, 4.69) is 9.82 Å². The van der Waals surface area contributed by atoms with Crippen LogP contribution in [0.25, 0.3) is 11.3 Å². The van der Waals surface area contributed by atoms with Crippen molar-refractivity contribution in [3.05, 3.63) is 30.3 Å². The lowest BCUT2D eigenvalue weighted by atomic mass is 10.1. The number of nitrogens with one attached hydrogen (secondary N) is 1. The second kappa shape index (κ2) is 4.34. The third kappa shape index (κ3) is 2.80. The van der Waals surface area contributed by atoms with Crippen LogP contribution >= 0.6 is 0 Å². The van der Waals surface area contributed by atoms with Crippen LogP contribution in [-0.4, -0.2) is 24.5 Å². The van der Waals surface area contributed by atoms with Gasteiger partial charge in [0.25, 0.3) is 0 Å². The number of sulfonamides is 1. The van der Waals surface area contributed by atoms with Gasteiger partial charge in [-0.1, -0.05) is 12.1 Å². The predicted octanol–water partition coefficient (Wildman–Crippen LogP) is 1.04. The van der Waals surface area contributed by atoms with Crippen molar-refractivity contribution in [2.24, 2.45) is 7.05 Å². The Morgan fingerprint density at radius 1 is 1.33 bits per heavy atom. The summed E-state index contributed by atoms with van der Waals surface area (Å²) in [4.78, 5) is 0. The Morgan fingerprint density at radius 2 is 2.06 bits per heavy atom. The summed E-state index contributed by atoms with van der Waals surface area (Å²) in [6, 6.07) is 8.72.